The SMILES string of the molecule is CC(C)(C)[Si](C)(C)O[C@H]1C[C@H](C(=O)CCl)N(C(=O)OCc2ccccc2)C1. The summed E-state index contributed by atoms with van der Waals surface area (Å²) < 4.78 is 11.9. The summed E-state index contributed by atoms with van der Waals surface area (Å²) >= 11 is 5.77. The van der Waals surface area contributed by atoms with Crippen molar-refractivity contribution in [2.24, 2.45) is 0 Å². The van der Waals surface area contributed by atoms with E-state index in [-0.39, 0.29) is 29.4 Å². The molecule has 1 aromatic rings. The molecule has 0 N–H and O–H groups in total. The maximum atomic E-state index is 12.6. The molecule has 0 radical (unpaired) electrons. The fraction of sp³-hybridized carbons (Fsp3) is 0.600. The third kappa shape index (κ3) is 5.56. The van der Waals surface area contributed by atoms with Crippen molar-refractivity contribution >= 4 is 31.8 Å². The Balaban J connectivity index is 2.06. The molecule has 1 aliphatic rings. The van der Waals surface area contributed by atoms with Crippen LogP contribution in [0.15, 0.2) is 30.3 Å². The zero-order valence-corrected chi connectivity index (χ0v) is 18.6. The molecule has 0 aliphatic carbocycles. The molecular weight excluding hydrogens is 382 g/mol. The first-order valence-electron chi connectivity index (χ1n) is 9.29. The second kappa shape index (κ2) is 8.75. The van der Waals surface area contributed by atoms with Crippen molar-refractivity contribution in [1.82, 2.24) is 4.90 Å². The summed E-state index contributed by atoms with van der Waals surface area (Å²) in [7, 11) is -2.00. The number of carbonyl (C=O) groups excluding carboxylic acids is 2. The highest BCUT2D eigenvalue weighted by Crippen LogP contribution is 2.39. The molecule has 2 rings (SSSR count). The predicted octanol–water partition coefficient (Wildman–Crippen LogP) is 4.60. The van der Waals surface area contributed by atoms with Gasteiger partial charge in [0, 0.05) is 13.0 Å². The van der Waals surface area contributed by atoms with Crippen molar-refractivity contribution in [3.8, 4) is 0 Å². The summed E-state index contributed by atoms with van der Waals surface area (Å²) in [5.41, 5.74) is 0.902. The van der Waals surface area contributed by atoms with Gasteiger partial charge in [-0.15, -0.1) is 11.6 Å². The molecule has 27 heavy (non-hydrogen) atoms. The van der Waals surface area contributed by atoms with E-state index in [9.17, 15) is 9.59 Å². The molecule has 1 fully saturated rings. The number of nitrogens with zero attached hydrogens (tertiary/aromatic N) is 1. The van der Waals surface area contributed by atoms with Crippen molar-refractivity contribution < 1.29 is 18.8 Å². The number of ketones is 1. The lowest BCUT2D eigenvalue weighted by atomic mass is 10.1. The number of Topliss-reactive ketones (excluding diaryl/α,β-unsaturated/α-hetero) is 1. The number of ether oxygens (including phenoxy) is 1. The normalized spacial score (nSPS) is 20.6. The predicted molar refractivity (Wildman–Crippen MR) is 110 cm³/mol. The monoisotopic (exact) mass is 411 g/mol. The van der Waals surface area contributed by atoms with Gasteiger partial charge in [0.15, 0.2) is 14.1 Å². The summed E-state index contributed by atoms with van der Waals surface area (Å²) in [6, 6.07) is 8.89. The van der Waals surface area contributed by atoms with Gasteiger partial charge in [-0.2, -0.15) is 0 Å². The highest BCUT2D eigenvalue weighted by Gasteiger charge is 2.45. The summed E-state index contributed by atoms with van der Waals surface area (Å²) in [4.78, 5) is 26.4. The Morgan fingerprint density at radius 1 is 1.22 bits per heavy atom. The molecule has 1 aliphatic heterocycles. The lowest BCUT2D eigenvalue weighted by Crippen LogP contribution is -2.45. The van der Waals surface area contributed by atoms with Crippen LogP contribution in [-0.2, 0) is 20.6 Å². The van der Waals surface area contributed by atoms with Crippen molar-refractivity contribution in [2.45, 2.75) is 64.1 Å². The van der Waals surface area contributed by atoms with Crippen LogP contribution >= 0.6 is 11.6 Å². The number of likely N-dealkylation sites (tertiary alicyclic amines) is 1. The molecule has 7 heteroatoms. The van der Waals surface area contributed by atoms with Crippen LogP contribution in [0.1, 0.15) is 32.8 Å². The van der Waals surface area contributed by atoms with Gasteiger partial charge in [-0.05, 0) is 23.7 Å². The Hall–Kier alpha value is -1.37. The van der Waals surface area contributed by atoms with Gasteiger partial charge < -0.3 is 9.16 Å². The molecule has 150 valence electrons. The maximum Gasteiger partial charge on any atom is 0.410 e. The van der Waals surface area contributed by atoms with Gasteiger partial charge in [-0.3, -0.25) is 9.69 Å². The summed E-state index contributed by atoms with van der Waals surface area (Å²) in [6.07, 6.45) is -0.200. The number of hydrogen-bond acceptors (Lipinski definition) is 4. The van der Waals surface area contributed by atoms with E-state index in [0.717, 1.165) is 5.56 Å². The molecule has 0 aromatic heterocycles. The molecule has 0 saturated carbocycles. The molecule has 1 aromatic carbocycles. The fourth-order valence-electron chi connectivity index (χ4n) is 2.87. The fourth-order valence-corrected chi connectivity index (χ4v) is 4.41. The quantitative estimate of drug-likeness (QED) is 0.507. The zero-order chi connectivity index (χ0) is 20.2. The number of hydrogen-bond donors (Lipinski definition) is 0. The topological polar surface area (TPSA) is 55.8 Å². The number of halogens is 1. The molecule has 0 spiro atoms. The Morgan fingerprint density at radius 3 is 2.41 bits per heavy atom. The van der Waals surface area contributed by atoms with Crippen LogP contribution in [0.4, 0.5) is 4.79 Å². The number of alkyl halides is 1. The minimum atomic E-state index is -2.00. The first-order valence-corrected chi connectivity index (χ1v) is 12.7. The molecule has 1 saturated heterocycles. The van der Waals surface area contributed by atoms with E-state index in [1.807, 2.05) is 30.3 Å². The van der Waals surface area contributed by atoms with Crippen molar-refractivity contribution in [1.29, 1.82) is 0 Å². The van der Waals surface area contributed by atoms with Crippen LogP contribution in [0.25, 0.3) is 0 Å². The third-order valence-corrected chi connectivity index (χ3v) is 10.3. The van der Waals surface area contributed by atoms with Crippen LogP contribution in [0.3, 0.4) is 0 Å². The van der Waals surface area contributed by atoms with Crippen molar-refractivity contribution in [3.05, 3.63) is 35.9 Å². The maximum absolute atomic E-state index is 12.6. The second-order valence-corrected chi connectivity index (χ2v) is 13.6. The molecule has 5 nitrogen and oxygen atoms in total. The Kier molecular flexibility index (Phi) is 7.11. The molecule has 2 atom stereocenters. The molecule has 1 amide bonds. The minimum Gasteiger partial charge on any atom is -0.445 e. The minimum absolute atomic E-state index is 0.0558. The second-order valence-electron chi connectivity index (χ2n) is 8.54. The van der Waals surface area contributed by atoms with E-state index in [2.05, 4.69) is 33.9 Å². The summed E-state index contributed by atoms with van der Waals surface area (Å²) in [5, 5.41) is 0.0558. The number of carbonyl (C=O) groups is 2. The van der Waals surface area contributed by atoms with E-state index in [0.29, 0.717) is 13.0 Å². The average Bonchev–Trinajstić information content (AvgIpc) is 3.02. The van der Waals surface area contributed by atoms with Crippen molar-refractivity contribution in [2.75, 3.05) is 12.4 Å². The lowest BCUT2D eigenvalue weighted by Gasteiger charge is -2.38. The molecule has 0 unspecified atom stereocenters. The highest BCUT2D eigenvalue weighted by atomic mass is 35.5. The third-order valence-electron chi connectivity index (χ3n) is 5.47. The smallest absolute Gasteiger partial charge is 0.410 e. The molecular formula is C20H30ClNO4Si. The highest BCUT2D eigenvalue weighted by molar-refractivity contribution is 6.74. The Labute approximate surface area is 168 Å². The van der Waals surface area contributed by atoms with Gasteiger partial charge in [0.1, 0.15) is 6.61 Å². The van der Waals surface area contributed by atoms with Gasteiger partial charge in [0.05, 0.1) is 18.0 Å². The summed E-state index contributed by atoms with van der Waals surface area (Å²) in [5.74, 6) is -0.297. The molecule has 1 heterocycles. The zero-order valence-electron chi connectivity index (χ0n) is 16.8. The largest absolute Gasteiger partial charge is 0.445 e. The lowest BCUT2D eigenvalue weighted by molar-refractivity contribution is -0.120. The van der Waals surface area contributed by atoms with Crippen LogP contribution in [0.2, 0.25) is 18.1 Å². The number of amides is 1. The van der Waals surface area contributed by atoms with Gasteiger partial charge in [-0.25, -0.2) is 4.79 Å². The average molecular weight is 412 g/mol. The van der Waals surface area contributed by atoms with E-state index >= 15 is 0 Å². The van der Waals surface area contributed by atoms with Gasteiger partial charge in [0.2, 0.25) is 0 Å². The van der Waals surface area contributed by atoms with Crippen LogP contribution < -0.4 is 0 Å². The van der Waals surface area contributed by atoms with E-state index < -0.39 is 20.5 Å². The van der Waals surface area contributed by atoms with Crippen LogP contribution in [0.5, 0.6) is 0 Å². The van der Waals surface area contributed by atoms with Gasteiger partial charge in [0.25, 0.3) is 0 Å². The van der Waals surface area contributed by atoms with E-state index in [1.54, 1.807) is 0 Å². The Morgan fingerprint density at radius 2 is 1.85 bits per heavy atom. The van der Waals surface area contributed by atoms with E-state index in [1.165, 1.54) is 4.90 Å². The number of benzene rings is 1. The first kappa shape index (κ1) is 21.9. The van der Waals surface area contributed by atoms with Crippen molar-refractivity contribution in [3.63, 3.8) is 0 Å². The standard InChI is InChI=1S/C20H30ClNO4Si/c1-20(2,3)27(4,5)26-16-11-17(18(23)12-21)22(13-16)19(24)25-14-15-9-7-6-8-10-15/h6-10,16-17H,11-14H2,1-5H3/t16-,17+/m0/s1. The first-order chi connectivity index (χ1) is 12.5. The van der Waals surface area contributed by atoms with E-state index in [4.69, 9.17) is 20.8 Å². The number of rotatable bonds is 6. The summed E-state index contributed by atoms with van der Waals surface area (Å²) in [6.45, 7) is 11.4. The van der Waals surface area contributed by atoms with Crippen LogP contribution in [0, 0.1) is 0 Å². The van der Waals surface area contributed by atoms with Gasteiger partial charge >= 0.3 is 6.09 Å². The van der Waals surface area contributed by atoms with Gasteiger partial charge in [-0.1, -0.05) is 51.1 Å². The van der Waals surface area contributed by atoms with Crippen LogP contribution in [-0.4, -0.2) is 49.7 Å². The Bertz CT molecular complexity index is 660. The molecule has 0 bridgehead atoms.